The van der Waals surface area contributed by atoms with Crippen molar-refractivity contribution in [1.29, 1.82) is 0 Å². The minimum absolute atomic E-state index is 0.789. The molecule has 3 heteroatoms. The van der Waals surface area contributed by atoms with Crippen LogP contribution in [-0.2, 0) is 13.1 Å². The van der Waals surface area contributed by atoms with Crippen LogP contribution in [-0.4, -0.2) is 28.0 Å². The highest BCUT2D eigenvalue weighted by atomic mass is 15.2. The van der Waals surface area contributed by atoms with E-state index in [1.807, 2.05) is 0 Å². The van der Waals surface area contributed by atoms with Crippen LogP contribution in [0.3, 0.4) is 0 Å². The van der Waals surface area contributed by atoms with Crippen molar-refractivity contribution < 1.29 is 0 Å². The third kappa shape index (κ3) is 1.18. The van der Waals surface area contributed by atoms with E-state index in [0.29, 0.717) is 0 Å². The minimum Gasteiger partial charge on any atom is -0.329 e. The van der Waals surface area contributed by atoms with Gasteiger partial charge in [0.25, 0.3) is 0 Å². The van der Waals surface area contributed by atoms with E-state index < -0.39 is 0 Å². The van der Waals surface area contributed by atoms with Crippen LogP contribution in [0.15, 0.2) is 6.20 Å². The van der Waals surface area contributed by atoms with Gasteiger partial charge in [0, 0.05) is 31.7 Å². The molecule has 0 radical (unpaired) electrons. The molecule has 1 aliphatic heterocycles. The summed E-state index contributed by atoms with van der Waals surface area (Å²) < 4.78 is 2.43. The predicted molar refractivity (Wildman–Crippen MR) is 50.5 cm³/mol. The zero-order valence-electron chi connectivity index (χ0n) is 8.03. The van der Waals surface area contributed by atoms with Crippen molar-refractivity contribution in [3.8, 4) is 0 Å². The van der Waals surface area contributed by atoms with Crippen molar-refractivity contribution in [2.75, 3.05) is 13.6 Å². The van der Waals surface area contributed by atoms with E-state index in [-0.39, 0.29) is 0 Å². The number of hydrogen-bond acceptors (Lipinski definition) is 2. The third-order valence-electron chi connectivity index (χ3n) is 3.05. The fourth-order valence-corrected chi connectivity index (χ4v) is 2.11. The summed E-state index contributed by atoms with van der Waals surface area (Å²) in [5.41, 5.74) is 1.40. The highest BCUT2D eigenvalue weighted by Crippen LogP contribution is 2.39. The Balaban J connectivity index is 1.97. The molecule has 0 unspecified atom stereocenters. The predicted octanol–water partition coefficient (Wildman–Crippen LogP) is 1.21. The molecular formula is C10H15N3. The van der Waals surface area contributed by atoms with Crippen LogP contribution in [0.25, 0.3) is 0 Å². The Bertz CT molecular complexity index is 325. The molecule has 2 heterocycles. The smallest absolute Gasteiger partial charge is 0.112 e. The molecule has 0 N–H and O–H groups in total. The molecule has 0 atom stereocenters. The molecule has 1 aromatic rings. The van der Waals surface area contributed by atoms with Crippen molar-refractivity contribution in [2.24, 2.45) is 0 Å². The van der Waals surface area contributed by atoms with Crippen molar-refractivity contribution in [3.63, 3.8) is 0 Å². The highest BCUT2D eigenvalue weighted by molar-refractivity contribution is 5.14. The number of likely N-dealkylation sites (N-methyl/N-ethyl adjacent to an activating group) is 1. The van der Waals surface area contributed by atoms with Gasteiger partial charge in [-0.1, -0.05) is 0 Å². The Morgan fingerprint density at radius 1 is 1.38 bits per heavy atom. The minimum atomic E-state index is 0.789. The van der Waals surface area contributed by atoms with Gasteiger partial charge in [-0.15, -0.1) is 0 Å². The first-order valence-corrected chi connectivity index (χ1v) is 5.07. The zero-order chi connectivity index (χ0) is 8.84. The lowest BCUT2D eigenvalue weighted by atomic mass is 10.3. The maximum Gasteiger partial charge on any atom is 0.112 e. The van der Waals surface area contributed by atoms with Gasteiger partial charge in [-0.05, 0) is 19.9 Å². The lowest BCUT2D eigenvalue weighted by Gasteiger charge is -2.25. The van der Waals surface area contributed by atoms with Gasteiger partial charge in [0.2, 0.25) is 0 Å². The summed E-state index contributed by atoms with van der Waals surface area (Å²) in [4.78, 5) is 6.89. The van der Waals surface area contributed by atoms with Gasteiger partial charge in [0.05, 0.1) is 5.69 Å². The van der Waals surface area contributed by atoms with E-state index >= 15 is 0 Å². The number of nitrogens with zero attached hydrogens (tertiary/aromatic N) is 3. The molecule has 13 heavy (non-hydrogen) atoms. The van der Waals surface area contributed by atoms with E-state index in [1.54, 1.807) is 0 Å². The number of rotatable bonds is 1. The molecule has 2 aliphatic rings. The second kappa shape index (κ2) is 2.58. The molecule has 70 valence electrons. The van der Waals surface area contributed by atoms with E-state index in [1.165, 1.54) is 30.9 Å². The van der Waals surface area contributed by atoms with E-state index in [2.05, 4.69) is 27.7 Å². The Kier molecular flexibility index (Phi) is 1.50. The zero-order valence-corrected chi connectivity index (χ0v) is 8.03. The summed E-state index contributed by atoms with van der Waals surface area (Å²) in [6.45, 7) is 3.38. The normalized spacial score (nSPS) is 23.2. The van der Waals surface area contributed by atoms with Crippen LogP contribution in [0, 0.1) is 0 Å². The topological polar surface area (TPSA) is 21.1 Å². The van der Waals surface area contributed by atoms with Crippen LogP contribution in [0.4, 0.5) is 0 Å². The maximum atomic E-state index is 4.53. The summed E-state index contributed by atoms with van der Waals surface area (Å²) in [7, 11) is 2.17. The molecule has 1 aromatic heterocycles. The van der Waals surface area contributed by atoms with Crippen molar-refractivity contribution >= 4 is 0 Å². The summed E-state index contributed by atoms with van der Waals surface area (Å²) in [5, 5.41) is 0. The standard InChI is InChI=1S/C10H15N3/c1-12-4-5-13-9(7-12)6-11-10(13)8-2-3-8/h6,8H,2-5,7H2,1H3. The molecule has 0 saturated heterocycles. The molecular weight excluding hydrogens is 162 g/mol. The van der Waals surface area contributed by atoms with E-state index in [4.69, 9.17) is 0 Å². The third-order valence-corrected chi connectivity index (χ3v) is 3.05. The van der Waals surface area contributed by atoms with Gasteiger partial charge >= 0.3 is 0 Å². The van der Waals surface area contributed by atoms with Crippen LogP contribution >= 0.6 is 0 Å². The average Bonchev–Trinajstić information content (AvgIpc) is 2.87. The molecule has 0 aromatic carbocycles. The van der Waals surface area contributed by atoms with Gasteiger partial charge in [-0.3, -0.25) is 4.90 Å². The van der Waals surface area contributed by atoms with Gasteiger partial charge < -0.3 is 4.57 Å². The monoisotopic (exact) mass is 177 g/mol. The van der Waals surface area contributed by atoms with Crippen molar-refractivity contribution in [3.05, 3.63) is 17.7 Å². The summed E-state index contributed by atoms with van der Waals surface area (Å²) in [5.74, 6) is 2.14. The molecule has 1 saturated carbocycles. The number of fused-ring (bicyclic) bond motifs is 1. The van der Waals surface area contributed by atoms with Crippen LogP contribution in [0.5, 0.6) is 0 Å². The number of hydrogen-bond donors (Lipinski definition) is 0. The SMILES string of the molecule is CN1CCn2c(cnc2C2CC2)C1. The first kappa shape index (κ1) is 7.56. The second-order valence-corrected chi connectivity index (χ2v) is 4.27. The summed E-state index contributed by atoms with van der Waals surface area (Å²) >= 11 is 0. The second-order valence-electron chi connectivity index (χ2n) is 4.27. The summed E-state index contributed by atoms with van der Waals surface area (Å²) in [6.07, 6.45) is 4.77. The molecule has 0 spiro atoms. The fraction of sp³-hybridized carbons (Fsp3) is 0.700. The quantitative estimate of drug-likeness (QED) is 0.643. The van der Waals surface area contributed by atoms with Gasteiger partial charge in [0.1, 0.15) is 5.82 Å². The van der Waals surface area contributed by atoms with Crippen molar-refractivity contribution in [2.45, 2.75) is 31.8 Å². The van der Waals surface area contributed by atoms with Crippen LogP contribution in [0.1, 0.15) is 30.3 Å². The molecule has 3 nitrogen and oxygen atoms in total. The van der Waals surface area contributed by atoms with Crippen LogP contribution in [0.2, 0.25) is 0 Å². The first-order chi connectivity index (χ1) is 6.34. The molecule has 1 aliphatic carbocycles. The van der Waals surface area contributed by atoms with Gasteiger partial charge in [0.15, 0.2) is 0 Å². The van der Waals surface area contributed by atoms with Crippen molar-refractivity contribution in [1.82, 2.24) is 14.5 Å². The first-order valence-electron chi connectivity index (χ1n) is 5.07. The summed E-state index contributed by atoms with van der Waals surface area (Å²) in [6, 6.07) is 0. The lowest BCUT2D eigenvalue weighted by molar-refractivity contribution is 0.267. The van der Waals surface area contributed by atoms with Gasteiger partial charge in [-0.2, -0.15) is 0 Å². The molecule has 1 fully saturated rings. The molecule has 0 amide bonds. The number of imidazole rings is 1. The Morgan fingerprint density at radius 3 is 3.00 bits per heavy atom. The fourth-order valence-electron chi connectivity index (χ4n) is 2.11. The Hall–Kier alpha value is -0.830. The molecule has 0 bridgehead atoms. The molecule has 3 rings (SSSR count). The largest absolute Gasteiger partial charge is 0.329 e. The van der Waals surface area contributed by atoms with E-state index in [9.17, 15) is 0 Å². The average molecular weight is 177 g/mol. The lowest BCUT2D eigenvalue weighted by Crippen LogP contribution is -2.30. The Labute approximate surface area is 78.4 Å². The number of aromatic nitrogens is 2. The van der Waals surface area contributed by atoms with Gasteiger partial charge in [-0.25, -0.2) is 4.98 Å². The maximum absolute atomic E-state index is 4.53. The van der Waals surface area contributed by atoms with Crippen LogP contribution < -0.4 is 0 Å². The van der Waals surface area contributed by atoms with E-state index in [0.717, 1.165) is 19.0 Å². The Morgan fingerprint density at radius 2 is 2.23 bits per heavy atom. The highest BCUT2D eigenvalue weighted by Gasteiger charge is 2.30.